The highest BCUT2D eigenvalue weighted by Gasteiger charge is 2.57. The summed E-state index contributed by atoms with van der Waals surface area (Å²) in [7, 11) is 0. The van der Waals surface area contributed by atoms with Gasteiger partial charge in [0.15, 0.2) is 0 Å². The molecule has 0 heterocycles. The van der Waals surface area contributed by atoms with Crippen molar-refractivity contribution in [2.24, 2.45) is 11.3 Å². The fourth-order valence-electron chi connectivity index (χ4n) is 3.11. The fraction of sp³-hybridized carbons (Fsp3) is 0.647. The molecule has 1 nitrogen and oxygen atoms in total. The van der Waals surface area contributed by atoms with Crippen molar-refractivity contribution in [3.8, 4) is 0 Å². The Morgan fingerprint density at radius 1 is 1.17 bits per heavy atom. The molecular weight excluding hydrogens is 218 g/mol. The van der Waals surface area contributed by atoms with Crippen LogP contribution in [0.2, 0.25) is 0 Å². The molecule has 0 saturated heterocycles. The van der Waals surface area contributed by atoms with Crippen molar-refractivity contribution in [3.63, 3.8) is 0 Å². The molecule has 0 radical (unpaired) electrons. The van der Waals surface area contributed by atoms with Gasteiger partial charge in [-0.15, -0.1) is 0 Å². The van der Waals surface area contributed by atoms with Gasteiger partial charge in [-0.3, -0.25) is 0 Å². The van der Waals surface area contributed by atoms with E-state index >= 15 is 0 Å². The predicted molar refractivity (Wildman–Crippen MR) is 79.0 cm³/mol. The number of hydrogen-bond donors (Lipinski definition) is 1. The van der Waals surface area contributed by atoms with Crippen molar-refractivity contribution >= 4 is 0 Å². The average Bonchev–Trinajstić information content (AvgIpc) is 2.88. The van der Waals surface area contributed by atoms with Crippen LogP contribution >= 0.6 is 0 Å². The molecule has 2 unspecified atom stereocenters. The monoisotopic (exact) mass is 245 g/mol. The highest BCUT2D eigenvalue weighted by atomic mass is 14.9. The molecule has 2 atom stereocenters. The topological polar surface area (TPSA) is 12.0 Å². The standard InChI is InChI=1S/C17H27N/c1-6-13-7-9-14(10-8-13)16-15(17(16,4)5)11-18-12(2)3/h7-10,12,15-16,18H,6,11H2,1-5H3. The van der Waals surface area contributed by atoms with Crippen LogP contribution in [0.15, 0.2) is 24.3 Å². The molecule has 1 aliphatic carbocycles. The Labute approximate surface area is 112 Å². The Hall–Kier alpha value is -0.820. The zero-order valence-electron chi connectivity index (χ0n) is 12.5. The lowest BCUT2D eigenvalue weighted by Crippen LogP contribution is -2.26. The van der Waals surface area contributed by atoms with Crippen LogP contribution in [-0.4, -0.2) is 12.6 Å². The molecule has 0 aliphatic heterocycles. The number of hydrogen-bond acceptors (Lipinski definition) is 1. The van der Waals surface area contributed by atoms with Crippen LogP contribution in [0, 0.1) is 11.3 Å². The summed E-state index contributed by atoms with van der Waals surface area (Å²) < 4.78 is 0. The first-order valence-electron chi connectivity index (χ1n) is 7.29. The van der Waals surface area contributed by atoms with E-state index in [1.54, 1.807) is 0 Å². The molecule has 1 N–H and O–H groups in total. The second kappa shape index (κ2) is 5.05. The largest absolute Gasteiger partial charge is 0.314 e. The summed E-state index contributed by atoms with van der Waals surface area (Å²) >= 11 is 0. The van der Waals surface area contributed by atoms with Gasteiger partial charge in [0.25, 0.3) is 0 Å². The van der Waals surface area contributed by atoms with Crippen LogP contribution in [0.25, 0.3) is 0 Å². The Morgan fingerprint density at radius 3 is 2.28 bits per heavy atom. The third-order valence-corrected chi connectivity index (χ3v) is 4.54. The molecule has 0 bridgehead atoms. The molecule has 1 aromatic carbocycles. The maximum Gasteiger partial charge on any atom is 0.00105 e. The lowest BCUT2D eigenvalue weighted by atomic mass is 10.0. The summed E-state index contributed by atoms with van der Waals surface area (Å²) in [4.78, 5) is 0. The van der Waals surface area contributed by atoms with E-state index in [0.29, 0.717) is 11.5 Å². The van der Waals surface area contributed by atoms with Crippen LogP contribution in [0.3, 0.4) is 0 Å². The van der Waals surface area contributed by atoms with Crippen LogP contribution in [0.1, 0.15) is 51.7 Å². The molecule has 0 spiro atoms. The molecular formula is C17H27N. The van der Waals surface area contributed by atoms with Crippen molar-refractivity contribution in [3.05, 3.63) is 35.4 Å². The van der Waals surface area contributed by atoms with Gasteiger partial charge in [0, 0.05) is 6.04 Å². The number of rotatable bonds is 5. The average molecular weight is 245 g/mol. The molecule has 1 aliphatic rings. The number of nitrogens with one attached hydrogen (secondary N) is 1. The molecule has 0 aromatic heterocycles. The van der Waals surface area contributed by atoms with Gasteiger partial charge in [-0.2, -0.15) is 0 Å². The Bertz CT molecular complexity index is 389. The smallest absolute Gasteiger partial charge is 0.00105 e. The first kappa shape index (κ1) is 13.6. The van der Waals surface area contributed by atoms with Crippen molar-refractivity contribution in [1.82, 2.24) is 5.32 Å². The molecule has 1 aromatic rings. The van der Waals surface area contributed by atoms with Crippen molar-refractivity contribution < 1.29 is 0 Å². The van der Waals surface area contributed by atoms with Gasteiger partial charge in [-0.25, -0.2) is 0 Å². The zero-order chi connectivity index (χ0) is 13.3. The van der Waals surface area contributed by atoms with Gasteiger partial charge < -0.3 is 5.32 Å². The lowest BCUT2D eigenvalue weighted by Gasteiger charge is -2.08. The van der Waals surface area contributed by atoms with E-state index in [-0.39, 0.29) is 0 Å². The maximum atomic E-state index is 3.59. The quantitative estimate of drug-likeness (QED) is 0.827. The molecule has 1 heteroatoms. The van der Waals surface area contributed by atoms with Crippen LogP contribution in [-0.2, 0) is 6.42 Å². The SMILES string of the molecule is CCc1ccc(C2C(CNC(C)C)C2(C)C)cc1. The zero-order valence-corrected chi connectivity index (χ0v) is 12.5. The van der Waals surface area contributed by atoms with Gasteiger partial charge in [-0.1, -0.05) is 58.9 Å². The van der Waals surface area contributed by atoms with E-state index in [2.05, 4.69) is 64.2 Å². The molecule has 0 amide bonds. The van der Waals surface area contributed by atoms with Gasteiger partial charge in [0.05, 0.1) is 0 Å². The van der Waals surface area contributed by atoms with E-state index in [0.717, 1.165) is 24.8 Å². The van der Waals surface area contributed by atoms with E-state index in [9.17, 15) is 0 Å². The summed E-state index contributed by atoms with van der Waals surface area (Å²) in [6, 6.07) is 9.83. The van der Waals surface area contributed by atoms with Crippen LogP contribution < -0.4 is 5.32 Å². The molecule has 2 rings (SSSR count). The van der Waals surface area contributed by atoms with Gasteiger partial charge >= 0.3 is 0 Å². The minimum Gasteiger partial charge on any atom is -0.314 e. The fourth-order valence-corrected chi connectivity index (χ4v) is 3.11. The van der Waals surface area contributed by atoms with E-state index in [1.807, 2.05) is 0 Å². The van der Waals surface area contributed by atoms with Gasteiger partial charge in [0.1, 0.15) is 0 Å². The third-order valence-electron chi connectivity index (χ3n) is 4.54. The minimum absolute atomic E-state index is 0.454. The second-order valence-corrected chi connectivity index (χ2v) is 6.56. The summed E-state index contributed by atoms with van der Waals surface area (Å²) in [5.74, 6) is 1.52. The summed E-state index contributed by atoms with van der Waals surface area (Å²) in [5, 5.41) is 3.59. The van der Waals surface area contributed by atoms with Crippen molar-refractivity contribution in [1.29, 1.82) is 0 Å². The van der Waals surface area contributed by atoms with Gasteiger partial charge in [-0.05, 0) is 41.3 Å². The maximum absolute atomic E-state index is 3.59. The van der Waals surface area contributed by atoms with Crippen LogP contribution in [0.5, 0.6) is 0 Å². The predicted octanol–water partition coefficient (Wildman–Crippen LogP) is 3.99. The molecule has 1 fully saturated rings. The van der Waals surface area contributed by atoms with Crippen molar-refractivity contribution in [2.45, 2.75) is 53.0 Å². The molecule has 100 valence electrons. The normalized spacial score (nSPS) is 25.4. The highest BCUT2D eigenvalue weighted by molar-refractivity contribution is 5.34. The summed E-state index contributed by atoms with van der Waals surface area (Å²) in [6.07, 6.45) is 1.13. The third kappa shape index (κ3) is 2.61. The van der Waals surface area contributed by atoms with Crippen LogP contribution in [0.4, 0.5) is 0 Å². The number of benzene rings is 1. The van der Waals surface area contributed by atoms with Gasteiger partial charge in [0.2, 0.25) is 0 Å². The highest BCUT2D eigenvalue weighted by Crippen LogP contribution is 2.64. The van der Waals surface area contributed by atoms with E-state index in [4.69, 9.17) is 0 Å². The number of aryl methyl sites for hydroxylation is 1. The second-order valence-electron chi connectivity index (χ2n) is 6.56. The van der Waals surface area contributed by atoms with Crippen molar-refractivity contribution in [2.75, 3.05) is 6.54 Å². The first-order valence-corrected chi connectivity index (χ1v) is 7.29. The van der Waals surface area contributed by atoms with E-state index < -0.39 is 0 Å². The Balaban J connectivity index is 2.04. The minimum atomic E-state index is 0.454. The Morgan fingerprint density at radius 2 is 1.78 bits per heavy atom. The molecule has 18 heavy (non-hydrogen) atoms. The molecule has 1 saturated carbocycles. The summed E-state index contributed by atoms with van der Waals surface area (Å²) in [6.45, 7) is 12.6. The first-order chi connectivity index (χ1) is 8.46. The van der Waals surface area contributed by atoms with E-state index in [1.165, 1.54) is 11.1 Å². The lowest BCUT2D eigenvalue weighted by molar-refractivity contribution is 0.491. The summed E-state index contributed by atoms with van der Waals surface area (Å²) in [5.41, 5.74) is 3.41. The Kier molecular flexibility index (Phi) is 3.82.